The van der Waals surface area contributed by atoms with Crippen molar-refractivity contribution < 1.29 is 0 Å². The van der Waals surface area contributed by atoms with E-state index in [9.17, 15) is 0 Å². The van der Waals surface area contributed by atoms with Crippen LogP contribution in [0.25, 0.3) is 0 Å². The van der Waals surface area contributed by atoms with Crippen LogP contribution in [0.3, 0.4) is 0 Å². The number of hydrogen-bond acceptors (Lipinski definition) is 2. The Kier molecular flexibility index (Phi) is 3.66. The van der Waals surface area contributed by atoms with Gasteiger partial charge in [0.15, 0.2) is 0 Å². The summed E-state index contributed by atoms with van der Waals surface area (Å²) in [5.74, 6) is 0. The van der Waals surface area contributed by atoms with Crippen LogP contribution in [-0.2, 0) is 12.8 Å². The lowest BCUT2D eigenvalue weighted by molar-refractivity contribution is 0.216. The molecule has 0 radical (unpaired) electrons. The van der Waals surface area contributed by atoms with E-state index in [4.69, 9.17) is 0 Å². The molecule has 21 heavy (non-hydrogen) atoms. The molecule has 0 atom stereocenters. The number of anilines is 1. The molecular formula is C19H28N2. The van der Waals surface area contributed by atoms with Crippen LogP contribution in [0.1, 0.15) is 56.1 Å². The first-order chi connectivity index (χ1) is 10.4. The van der Waals surface area contributed by atoms with E-state index < -0.39 is 0 Å². The number of aryl methyl sites for hydroxylation is 1. The number of benzene rings is 1. The molecular weight excluding hydrogens is 256 g/mol. The van der Waals surface area contributed by atoms with E-state index in [-0.39, 0.29) is 0 Å². The van der Waals surface area contributed by atoms with Crippen LogP contribution in [0.2, 0.25) is 0 Å². The summed E-state index contributed by atoms with van der Waals surface area (Å²) < 4.78 is 0. The molecule has 0 aromatic heterocycles. The number of piperazine rings is 1. The molecule has 2 fully saturated rings. The third-order valence-electron chi connectivity index (χ3n) is 5.90. The van der Waals surface area contributed by atoms with E-state index in [0.29, 0.717) is 5.54 Å². The summed E-state index contributed by atoms with van der Waals surface area (Å²) in [5, 5.41) is 3.87. The maximum Gasteiger partial charge on any atom is 0.0402 e. The average Bonchev–Trinajstić information content (AvgIpc) is 2.55. The third-order valence-corrected chi connectivity index (χ3v) is 5.90. The van der Waals surface area contributed by atoms with Gasteiger partial charge in [0, 0.05) is 30.9 Å². The molecule has 2 nitrogen and oxygen atoms in total. The second-order valence-electron chi connectivity index (χ2n) is 7.31. The van der Waals surface area contributed by atoms with Crippen LogP contribution in [0, 0.1) is 0 Å². The summed E-state index contributed by atoms with van der Waals surface area (Å²) in [4.78, 5) is 2.70. The Balaban J connectivity index is 1.61. The van der Waals surface area contributed by atoms with E-state index >= 15 is 0 Å². The van der Waals surface area contributed by atoms with Crippen LogP contribution in [0.4, 0.5) is 5.69 Å². The minimum atomic E-state index is 0.411. The maximum atomic E-state index is 3.87. The second-order valence-corrected chi connectivity index (χ2v) is 7.31. The molecule has 1 saturated heterocycles. The van der Waals surface area contributed by atoms with Crippen LogP contribution < -0.4 is 10.2 Å². The fraction of sp³-hybridized carbons (Fsp3) is 0.684. The lowest BCUT2D eigenvalue weighted by Gasteiger charge is -2.47. The van der Waals surface area contributed by atoms with Crippen molar-refractivity contribution in [1.29, 1.82) is 0 Å². The quantitative estimate of drug-likeness (QED) is 0.846. The van der Waals surface area contributed by atoms with Crippen molar-refractivity contribution in [3.8, 4) is 0 Å². The van der Waals surface area contributed by atoms with Crippen LogP contribution in [0.5, 0.6) is 0 Å². The second kappa shape index (κ2) is 5.64. The minimum Gasteiger partial charge on any atom is -0.368 e. The Morgan fingerprint density at radius 3 is 2.71 bits per heavy atom. The molecule has 0 bridgehead atoms. The fourth-order valence-corrected chi connectivity index (χ4v) is 4.78. The lowest BCUT2D eigenvalue weighted by Crippen LogP contribution is -2.61. The van der Waals surface area contributed by atoms with Gasteiger partial charge in [0.1, 0.15) is 0 Å². The van der Waals surface area contributed by atoms with E-state index in [1.54, 1.807) is 16.8 Å². The van der Waals surface area contributed by atoms with Crippen molar-refractivity contribution in [1.82, 2.24) is 5.32 Å². The molecule has 1 aliphatic heterocycles. The van der Waals surface area contributed by atoms with Gasteiger partial charge in [0.05, 0.1) is 0 Å². The zero-order valence-electron chi connectivity index (χ0n) is 13.2. The summed E-state index contributed by atoms with van der Waals surface area (Å²) in [6.45, 7) is 3.56. The Bertz CT molecular complexity index is 497. The molecule has 4 rings (SSSR count). The molecule has 2 aliphatic carbocycles. The first-order valence-electron chi connectivity index (χ1n) is 8.97. The van der Waals surface area contributed by atoms with Gasteiger partial charge in [-0.3, -0.25) is 0 Å². The molecule has 0 amide bonds. The molecule has 114 valence electrons. The van der Waals surface area contributed by atoms with Crippen molar-refractivity contribution in [2.24, 2.45) is 0 Å². The van der Waals surface area contributed by atoms with Gasteiger partial charge in [-0.1, -0.05) is 31.4 Å². The summed E-state index contributed by atoms with van der Waals surface area (Å²) in [7, 11) is 0. The number of rotatable bonds is 1. The van der Waals surface area contributed by atoms with Gasteiger partial charge in [-0.15, -0.1) is 0 Å². The van der Waals surface area contributed by atoms with Crippen LogP contribution in [0.15, 0.2) is 18.2 Å². The Labute approximate surface area is 128 Å². The Hall–Kier alpha value is -1.02. The molecule has 3 aliphatic rings. The van der Waals surface area contributed by atoms with E-state index in [1.165, 1.54) is 70.9 Å². The smallest absolute Gasteiger partial charge is 0.0402 e. The van der Waals surface area contributed by atoms with Crippen LogP contribution in [-0.4, -0.2) is 25.2 Å². The lowest BCUT2D eigenvalue weighted by atomic mass is 9.79. The van der Waals surface area contributed by atoms with E-state index in [1.807, 2.05) is 0 Å². The summed E-state index contributed by atoms with van der Waals surface area (Å²) in [6.07, 6.45) is 12.3. The van der Waals surface area contributed by atoms with Crippen molar-refractivity contribution in [2.45, 2.75) is 63.3 Å². The van der Waals surface area contributed by atoms with Crippen molar-refractivity contribution >= 4 is 5.69 Å². The molecule has 1 aromatic carbocycles. The number of nitrogens with zero attached hydrogens (tertiary/aromatic N) is 1. The zero-order chi connectivity index (χ0) is 14.1. The maximum absolute atomic E-state index is 3.87. The highest BCUT2D eigenvalue weighted by molar-refractivity contribution is 5.58. The molecule has 2 heteroatoms. The van der Waals surface area contributed by atoms with Gasteiger partial charge < -0.3 is 10.2 Å². The molecule has 1 saturated carbocycles. The van der Waals surface area contributed by atoms with Gasteiger partial charge in [-0.05, 0) is 55.7 Å². The first-order valence-corrected chi connectivity index (χ1v) is 8.97. The Morgan fingerprint density at radius 2 is 1.81 bits per heavy atom. The number of fused-ring (bicyclic) bond motifs is 1. The molecule has 1 N–H and O–H groups in total. The van der Waals surface area contributed by atoms with Gasteiger partial charge in [-0.2, -0.15) is 0 Å². The SMILES string of the molecule is c1cc2c(c(N3CCNC4(CCCCC4)C3)c1)CCCC2. The number of hydrogen-bond donors (Lipinski definition) is 1. The standard InChI is InChI=1S/C19H28N2/c1-4-11-19(12-5-1)15-21(14-13-20-19)18-10-6-8-16-7-2-3-9-17(16)18/h6,8,10,20H,1-5,7,9,11-15H2. The van der Waals surface area contributed by atoms with Gasteiger partial charge in [-0.25, -0.2) is 0 Å². The normalized spacial score (nSPS) is 24.9. The average molecular weight is 284 g/mol. The predicted octanol–water partition coefficient (Wildman–Crippen LogP) is 3.68. The first kappa shape index (κ1) is 13.6. The predicted molar refractivity (Wildman–Crippen MR) is 89.1 cm³/mol. The monoisotopic (exact) mass is 284 g/mol. The molecule has 0 unspecified atom stereocenters. The minimum absolute atomic E-state index is 0.411. The van der Waals surface area contributed by atoms with E-state index in [2.05, 4.69) is 28.4 Å². The Morgan fingerprint density at radius 1 is 0.952 bits per heavy atom. The van der Waals surface area contributed by atoms with Crippen molar-refractivity contribution in [3.63, 3.8) is 0 Å². The molecule has 1 spiro atoms. The highest BCUT2D eigenvalue weighted by Crippen LogP contribution is 2.35. The third kappa shape index (κ3) is 2.59. The van der Waals surface area contributed by atoms with Crippen LogP contribution >= 0.6 is 0 Å². The number of nitrogens with one attached hydrogen (secondary N) is 1. The highest BCUT2D eigenvalue weighted by atomic mass is 15.2. The van der Waals surface area contributed by atoms with Gasteiger partial charge in [0.2, 0.25) is 0 Å². The fourth-order valence-electron chi connectivity index (χ4n) is 4.78. The summed E-state index contributed by atoms with van der Waals surface area (Å²) in [6, 6.07) is 7.03. The zero-order valence-corrected chi connectivity index (χ0v) is 13.2. The summed E-state index contributed by atoms with van der Waals surface area (Å²) in [5.41, 5.74) is 5.25. The summed E-state index contributed by atoms with van der Waals surface area (Å²) >= 11 is 0. The molecule has 1 heterocycles. The van der Waals surface area contributed by atoms with E-state index in [0.717, 1.165) is 6.54 Å². The molecule has 1 aromatic rings. The largest absolute Gasteiger partial charge is 0.368 e. The van der Waals surface area contributed by atoms with Crippen molar-refractivity contribution in [2.75, 3.05) is 24.5 Å². The van der Waals surface area contributed by atoms with Gasteiger partial charge in [0.25, 0.3) is 0 Å². The topological polar surface area (TPSA) is 15.3 Å². The van der Waals surface area contributed by atoms with Crippen molar-refractivity contribution in [3.05, 3.63) is 29.3 Å². The highest BCUT2D eigenvalue weighted by Gasteiger charge is 2.36. The van der Waals surface area contributed by atoms with Gasteiger partial charge >= 0.3 is 0 Å².